The van der Waals surface area contributed by atoms with E-state index in [4.69, 9.17) is 4.42 Å². The second kappa shape index (κ2) is 8.07. The molecule has 0 saturated heterocycles. The van der Waals surface area contributed by atoms with Crippen LogP contribution in [0, 0.1) is 6.92 Å². The van der Waals surface area contributed by atoms with Gasteiger partial charge in [-0.15, -0.1) is 10.2 Å². The molecule has 0 radical (unpaired) electrons. The molecular weight excluding hydrogens is 270 g/mol. The average Bonchev–Trinajstić information content (AvgIpc) is 2.91. The maximum absolute atomic E-state index is 5.63. The van der Waals surface area contributed by atoms with Crippen LogP contribution in [0.5, 0.6) is 0 Å². The standard InChI is InChI=1S/C15H21N3OS/c1-12-6-8-13(9-7-12)11-20-15-18-17-14(19-15)5-3-2-4-10-16/h6-9H,2-5,10-11,16H2,1H3/p+1. The van der Waals surface area contributed by atoms with E-state index in [2.05, 4.69) is 47.1 Å². The Bertz CT molecular complexity index is 510. The zero-order chi connectivity index (χ0) is 14.2. The van der Waals surface area contributed by atoms with Gasteiger partial charge in [0, 0.05) is 12.2 Å². The quantitative estimate of drug-likeness (QED) is 0.600. The van der Waals surface area contributed by atoms with Crippen LogP contribution in [0.1, 0.15) is 36.3 Å². The summed E-state index contributed by atoms with van der Waals surface area (Å²) in [5.74, 6) is 1.61. The van der Waals surface area contributed by atoms with Crippen LogP contribution in [0.4, 0.5) is 0 Å². The highest BCUT2D eigenvalue weighted by Crippen LogP contribution is 2.22. The molecule has 3 N–H and O–H groups in total. The highest BCUT2D eigenvalue weighted by atomic mass is 32.2. The fraction of sp³-hybridized carbons (Fsp3) is 0.467. The number of unbranched alkanes of at least 4 members (excludes halogenated alkanes) is 2. The minimum absolute atomic E-state index is 0.665. The van der Waals surface area contributed by atoms with Gasteiger partial charge < -0.3 is 10.2 Å². The Balaban J connectivity index is 1.76. The van der Waals surface area contributed by atoms with Gasteiger partial charge in [0.2, 0.25) is 5.89 Å². The maximum Gasteiger partial charge on any atom is 0.276 e. The summed E-state index contributed by atoms with van der Waals surface area (Å²) in [5.41, 5.74) is 6.39. The first-order valence-corrected chi connectivity index (χ1v) is 8.06. The van der Waals surface area contributed by atoms with Gasteiger partial charge in [-0.05, 0) is 31.7 Å². The average molecular weight is 292 g/mol. The number of benzene rings is 1. The molecule has 20 heavy (non-hydrogen) atoms. The Morgan fingerprint density at radius 2 is 1.90 bits per heavy atom. The molecular formula is C15H22N3OS+. The third-order valence-corrected chi connectivity index (χ3v) is 3.96. The van der Waals surface area contributed by atoms with Gasteiger partial charge in [-0.2, -0.15) is 0 Å². The third kappa shape index (κ3) is 4.98. The van der Waals surface area contributed by atoms with Crippen molar-refractivity contribution in [2.24, 2.45) is 0 Å². The number of hydrogen-bond donors (Lipinski definition) is 1. The molecule has 0 aliphatic carbocycles. The van der Waals surface area contributed by atoms with Gasteiger partial charge in [-0.25, -0.2) is 0 Å². The number of hydrogen-bond acceptors (Lipinski definition) is 4. The summed E-state index contributed by atoms with van der Waals surface area (Å²) in [6.45, 7) is 3.09. The van der Waals surface area contributed by atoms with Gasteiger partial charge in [0.1, 0.15) is 0 Å². The first-order chi connectivity index (χ1) is 9.78. The van der Waals surface area contributed by atoms with Crippen LogP contribution in [0.25, 0.3) is 0 Å². The van der Waals surface area contributed by atoms with E-state index in [-0.39, 0.29) is 0 Å². The Morgan fingerprint density at radius 1 is 1.10 bits per heavy atom. The van der Waals surface area contributed by atoms with Gasteiger partial charge in [0.15, 0.2) is 0 Å². The molecule has 0 aliphatic rings. The fourth-order valence-electron chi connectivity index (χ4n) is 1.86. The van der Waals surface area contributed by atoms with E-state index in [1.807, 2.05) is 0 Å². The van der Waals surface area contributed by atoms with Gasteiger partial charge >= 0.3 is 0 Å². The van der Waals surface area contributed by atoms with Crippen LogP contribution in [0.3, 0.4) is 0 Å². The van der Waals surface area contributed by atoms with Crippen LogP contribution < -0.4 is 5.73 Å². The smallest absolute Gasteiger partial charge is 0.276 e. The number of aryl methyl sites for hydroxylation is 2. The lowest BCUT2D eigenvalue weighted by atomic mass is 10.2. The molecule has 0 aliphatic heterocycles. The number of rotatable bonds is 8. The van der Waals surface area contributed by atoms with Crippen LogP contribution in [0.2, 0.25) is 0 Å². The number of nitrogens with zero attached hydrogens (tertiary/aromatic N) is 2. The van der Waals surface area contributed by atoms with Crippen molar-refractivity contribution in [1.29, 1.82) is 0 Å². The summed E-state index contributed by atoms with van der Waals surface area (Å²) >= 11 is 1.59. The molecule has 1 aromatic carbocycles. The van der Waals surface area contributed by atoms with Crippen molar-refractivity contribution in [2.75, 3.05) is 6.54 Å². The van der Waals surface area contributed by atoms with Gasteiger partial charge in [0.25, 0.3) is 5.22 Å². The van der Waals surface area contributed by atoms with Gasteiger partial charge in [-0.3, -0.25) is 0 Å². The molecule has 2 aromatic rings. The molecule has 0 amide bonds. The fourth-order valence-corrected chi connectivity index (χ4v) is 2.59. The molecule has 0 saturated carbocycles. The minimum Gasteiger partial charge on any atom is -0.416 e. The van der Waals surface area contributed by atoms with Crippen molar-refractivity contribution in [3.8, 4) is 0 Å². The molecule has 0 bridgehead atoms. The largest absolute Gasteiger partial charge is 0.416 e. The zero-order valence-corrected chi connectivity index (χ0v) is 12.8. The molecule has 2 rings (SSSR count). The van der Waals surface area contributed by atoms with Gasteiger partial charge in [0.05, 0.1) is 6.54 Å². The summed E-state index contributed by atoms with van der Waals surface area (Å²) < 4.78 is 5.63. The number of aromatic nitrogens is 2. The van der Waals surface area contributed by atoms with Crippen molar-refractivity contribution >= 4 is 11.8 Å². The van der Waals surface area contributed by atoms with Crippen molar-refractivity contribution in [2.45, 2.75) is 43.6 Å². The SMILES string of the molecule is Cc1ccc(CSc2nnc(CCCCC[NH3+])o2)cc1. The molecule has 4 nitrogen and oxygen atoms in total. The summed E-state index contributed by atoms with van der Waals surface area (Å²) in [5, 5.41) is 8.83. The molecule has 5 heteroatoms. The Hall–Kier alpha value is -1.33. The highest BCUT2D eigenvalue weighted by molar-refractivity contribution is 7.98. The van der Waals surface area contributed by atoms with Crippen LogP contribution in [-0.4, -0.2) is 16.7 Å². The zero-order valence-electron chi connectivity index (χ0n) is 12.0. The highest BCUT2D eigenvalue weighted by Gasteiger charge is 2.06. The second-order valence-corrected chi connectivity index (χ2v) is 5.83. The lowest BCUT2D eigenvalue weighted by molar-refractivity contribution is -0.368. The lowest BCUT2D eigenvalue weighted by Gasteiger charge is -1.98. The van der Waals surface area contributed by atoms with Crippen LogP contribution in [0.15, 0.2) is 33.9 Å². The Morgan fingerprint density at radius 3 is 2.65 bits per heavy atom. The monoisotopic (exact) mass is 292 g/mol. The summed E-state index contributed by atoms with van der Waals surface area (Å²) in [7, 11) is 0. The van der Waals surface area contributed by atoms with Crippen LogP contribution >= 0.6 is 11.8 Å². The first-order valence-electron chi connectivity index (χ1n) is 7.08. The predicted molar refractivity (Wildman–Crippen MR) is 80.3 cm³/mol. The topological polar surface area (TPSA) is 66.6 Å². The second-order valence-electron chi connectivity index (χ2n) is 4.90. The Kier molecular flexibility index (Phi) is 6.08. The lowest BCUT2D eigenvalue weighted by Crippen LogP contribution is -2.50. The van der Waals surface area contributed by atoms with E-state index in [9.17, 15) is 0 Å². The van der Waals surface area contributed by atoms with E-state index >= 15 is 0 Å². The molecule has 108 valence electrons. The molecule has 0 unspecified atom stereocenters. The third-order valence-electron chi connectivity index (χ3n) is 3.07. The van der Waals surface area contributed by atoms with Crippen molar-refractivity contribution in [3.05, 3.63) is 41.3 Å². The van der Waals surface area contributed by atoms with Crippen molar-refractivity contribution < 1.29 is 10.2 Å². The predicted octanol–water partition coefficient (Wildman–Crippen LogP) is 2.63. The Labute approximate surface area is 124 Å². The number of quaternary nitrogens is 1. The molecule has 0 fully saturated rings. The normalized spacial score (nSPS) is 10.9. The maximum atomic E-state index is 5.63. The molecule has 1 aromatic heterocycles. The van der Waals surface area contributed by atoms with E-state index in [0.29, 0.717) is 5.22 Å². The first kappa shape index (κ1) is 15.1. The van der Waals surface area contributed by atoms with Crippen LogP contribution in [-0.2, 0) is 12.2 Å². The molecule has 1 heterocycles. The van der Waals surface area contributed by atoms with Crippen molar-refractivity contribution in [1.82, 2.24) is 10.2 Å². The van der Waals surface area contributed by atoms with Gasteiger partial charge in [-0.1, -0.05) is 41.6 Å². The van der Waals surface area contributed by atoms with E-state index in [1.165, 1.54) is 24.0 Å². The van der Waals surface area contributed by atoms with E-state index < -0.39 is 0 Å². The van der Waals surface area contributed by atoms with E-state index in [0.717, 1.165) is 31.0 Å². The van der Waals surface area contributed by atoms with Crippen molar-refractivity contribution in [3.63, 3.8) is 0 Å². The summed E-state index contributed by atoms with van der Waals surface area (Å²) in [6.07, 6.45) is 4.32. The van der Waals surface area contributed by atoms with E-state index in [1.54, 1.807) is 11.8 Å². The molecule has 0 atom stereocenters. The molecule has 0 spiro atoms. The number of thioether (sulfide) groups is 1. The summed E-state index contributed by atoms with van der Waals surface area (Å²) in [6, 6.07) is 8.52. The minimum atomic E-state index is 0.665. The summed E-state index contributed by atoms with van der Waals surface area (Å²) in [4.78, 5) is 0.